The minimum Gasteiger partial charge on any atom is -0.480 e. The second kappa shape index (κ2) is 13.4. The van der Waals surface area contributed by atoms with E-state index in [1.165, 1.54) is 69.1 Å². The average molecular weight is 453 g/mol. The molecule has 0 aromatic carbocycles. The summed E-state index contributed by atoms with van der Waals surface area (Å²) in [5.74, 6) is -0.989. The molecule has 3 aliphatic rings. The molecule has 0 bridgehead atoms. The van der Waals surface area contributed by atoms with Gasteiger partial charge in [0.15, 0.2) is 0 Å². The van der Waals surface area contributed by atoms with E-state index in [9.17, 15) is 14.7 Å². The number of nitrogens with one attached hydrogen (secondary N) is 1. The minimum absolute atomic E-state index is 0.0188. The molecule has 6 nitrogen and oxygen atoms in total. The first-order valence-corrected chi connectivity index (χ1v) is 13.2. The number of hydrogen-bond donors (Lipinski definition) is 2. The summed E-state index contributed by atoms with van der Waals surface area (Å²) >= 11 is 0. The van der Waals surface area contributed by atoms with Crippen LogP contribution in [0.25, 0.3) is 0 Å². The summed E-state index contributed by atoms with van der Waals surface area (Å²) in [5, 5.41) is 13.0. The number of carboxylic acids is 1. The van der Waals surface area contributed by atoms with Gasteiger partial charge in [-0.3, -0.25) is 4.90 Å². The monoisotopic (exact) mass is 452 g/mol. The van der Waals surface area contributed by atoms with Crippen molar-refractivity contribution in [2.75, 3.05) is 0 Å². The summed E-state index contributed by atoms with van der Waals surface area (Å²) < 4.78 is 5.35. The van der Waals surface area contributed by atoms with Crippen LogP contribution in [0.1, 0.15) is 124 Å². The van der Waals surface area contributed by atoms with Crippen molar-refractivity contribution in [3.8, 4) is 0 Å². The molecule has 0 unspecified atom stereocenters. The Bertz CT molecular complexity index is 541. The summed E-state index contributed by atoms with van der Waals surface area (Å²) in [5.41, 5.74) is -0.609. The highest BCUT2D eigenvalue weighted by atomic mass is 16.6. The van der Waals surface area contributed by atoms with Crippen molar-refractivity contribution in [1.82, 2.24) is 10.2 Å². The quantitative estimate of drug-likeness (QED) is 0.514. The van der Waals surface area contributed by atoms with Crippen LogP contribution in [0.5, 0.6) is 0 Å². The summed E-state index contributed by atoms with van der Waals surface area (Å²) in [7, 11) is 0. The molecule has 6 heteroatoms. The van der Waals surface area contributed by atoms with Gasteiger partial charge in [0.2, 0.25) is 0 Å². The topological polar surface area (TPSA) is 78.9 Å². The first-order chi connectivity index (χ1) is 15.2. The molecule has 1 amide bonds. The number of amides is 1. The molecule has 0 aromatic rings. The Morgan fingerprint density at radius 3 is 1.59 bits per heavy atom. The van der Waals surface area contributed by atoms with Crippen LogP contribution in [-0.4, -0.2) is 51.8 Å². The minimum atomic E-state index is -0.989. The lowest BCUT2D eigenvalue weighted by molar-refractivity contribution is -0.143. The van der Waals surface area contributed by atoms with Crippen LogP contribution in [-0.2, 0) is 9.53 Å². The van der Waals surface area contributed by atoms with Gasteiger partial charge in [0.25, 0.3) is 0 Å². The Morgan fingerprint density at radius 1 is 0.812 bits per heavy atom. The van der Waals surface area contributed by atoms with Crippen LogP contribution < -0.4 is 5.32 Å². The third-order valence-corrected chi connectivity index (χ3v) is 7.03. The van der Waals surface area contributed by atoms with Crippen molar-refractivity contribution in [3.05, 3.63) is 0 Å². The van der Waals surface area contributed by atoms with Gasteiger partial charge in [-0.05, 0) is 66.2 Å². The number of ether oxygens (including phenoxy) is 1. The molecule has 2 N–H and O–H groups in total. The van der Waals surface area contributed by atoms with Gasteiger partial charge >= 0.3 is 12.1 Å². The molecule has 0 aliphatic heterocycles. The molecular weight excluding hydrogens is 404 g/mol. The Hall–Kier alpha value is -1.30. The standard InChI is InChI=1S/C14H25NO4.C12H23N/c1-10(12(16)17)15(11-8-6-5-7-9-11)13(18)19-14(2,3)4;1-3-7-11(8-4-1)13-12-9-5-2-6-10-12/h10-11H,5-9H2,1-4H3,(H,16,17);11-13H,1-10H2/t10-;/m0./s1. The van der Waals surface area contributed by atoms with E-state index in [1.807, 2.05) is 0 Å². The highest BCUT2D eigenvalue weighted by molar-refractivity contribution is 5.80. The van der Waals surface area contributed by atoms with Crippen molar-refractivity contribution in [2.45, 2.75) is 154 Å². The lowest BCUT2D eigenvalue weighted by atomic mass is 9.91. The number of aliphatic carboxylic acids is 1. The molecule has 3 fully saturated rings. The molecule has 1 atom stereocenters. The van der Waals surface area contributed by atoms with E-state index in [2.05, 4.69) is 5.32 Å². The van der Waals surface area contributed by atoms with E-state index in [0.717, 1.165) is 44.2 Å². The van der Waals surface area contributed by atoms with Gasteiger partial charge in [-0.25, -0.2) is 9.59 Å². The van der Waals surface area contributed by atoms with E-state index in [0.29, 0.717) is 0 Å². The molecule has 32 heavy (non-hydrogen) atoms. The third-order valence-electron chi connectivity index (χ3n) is 7.03. The molecular formula is C26H48N2O4. The zero-order chi connectivity index (χ0) is 23.6. The Balaban J connectivity index is 0.000000242. The summed E-state index contributed by atoms with van der Waals surface area (Å²) in [6.07, 6.45) is 19.0. The third kappa shape index (κ3) is 9.68. The van der Waals surface area contributed by atoms with Crippen molar-refractivity contribution in [1.29, 1.82) is 0 Å². The number of carboxylic acid groups (broad SMARTS) is 1. The predicted molar refractivity (Wildman–Crippen MR) is 129 cm³/mol. The molecule has 3 saturated carbocycles. The van der Waals surface area contributed by atoms with Crippen molar-refractivity contribution in [2.24, 2.45) is 0 Å². The lowest BCUT2D eigenvalue weighted by Gasteiger charge is -2.37. The van der Waals surface area contributed by atoms with Crippen LogP contribution in [0.3, 0.4) is 0 Å². The smallest absolute Gasteiger partial charge is 0.411 e. The highest BCUT2D eigenvalue weighted by Crippen LogP contribution is 2.26. The molecule has 186 valence electrons. The molecule has 0 spiro atoms. The van der Waals surface area contributed by atoms with Gasteiger partial charge < -0.3 is 15.2 Å². The molecule has 3 aliphatic carbocycles. The van der Waals surface area contributed by atoms with Gasteiger partial charge in [-0.2, -0.15) is 0 Å². The molecule has 0 saturated heterocycles. The highest BCUT2D eigenvalue weighted by Gasteiger charge is 2.35. The van der Waals surface area contributed by atoms with Gasteiger partial charge in [0.1, 0.15) is 11.6 Å². The normalized spacial score (nSPS) is 22.4. The number of rotatable bonds is 5. The number of hydrogen-bond acceptors (Lipinski definition) is 4. The second-order valence-electron chi connectivity index (χ2n) is 11.0. The van der Waals surface area contributed by atoms with Crippen LogP contribution in [0.4, 0.5) is 4.79 Å². The van der Waals surface area contributed by atoms with Gasteiger partial charge in [0.05, 0.1) is 0 Å². The van der Waals surface area contributed by atoms with Gasteiger partial charge in [0, 0.05) is 18.1 Å². The Kier molecular flexibility index (Phi) is 11.3. The number of carbonyl (C=O) groups excluding carboxylic acids is 1. The summed E-state index contributed by atoms with van der Waals surface area (Å²) in [6.45, 7) is 6.90. The Labute approximate surface area is 195 Å². The largest absolute Gasteiger partial charge is 0.480 e. The fraction of sp³-hybridized carbons (Fsp3) is 0.923. The van der Waals surface area contributed by atoms with E-state index in [4.69, 9.17) is 4.74 Å². The fourth-order valence-electron chi connectivity index (χ4n) is 5.29. The lowest BCUT2D eigenvalue weighted by Crippen LogP contribution is -2.51. The second-order valence-corrected chi connectivity index (χ2v) is 11.0. The first kappa shape index (κ1) is 26.9. The van der Waals surface area contributed by atoms with E-state index in [1.54, 1.807) is 27.7 Å². The zero-order valence-corrected chi connectivity index (χ0v) is 21.0. The first-order valence-electron chi connectivity index (χ1n) is 13.2. The molecule has 3 rings (SSSR count). The SMILES string of the molecule is C1CCC(NC2CCCCC2)CC1.C[C@@H](C(=O)O)N(C(=O)OC(C)(C)C)C1CCCCC1. The number of carbonyl (C=O) groups is 2. The average Bonchev–Trinajstić information content (AvgIpc) is 2.75. The maximum atomic E-state index is 12.2. The summed E-state index contributed by atoms with van der Waals surface area (Å²) in [4.78, 5) is 24.9. The summed E-state index contributed by atoms with van der Waals surface area (Å²) in [6, 6.07) is 0.876. The van der Waals surface area contributed by atoms with Crippen molar-refractivity contribution in [3.63, 3.8) is 0 Å². The van der Waals surface area contributed by atoms with E-state index >= 15 is 0 Å². The van der Waals surface area contributed by atoms with E-state index in [-0.39, 0.29) is 6.04 Å². The fourth-order valence-corrected chi connectivity index (χ4v) is 5.29. The van der Waals surface area contributed by atoms with Gasteiger partial charge in [-0.1, -0.05) is 57.8 Å². The maximum Gasteiger partial charge on any atom is 0.411 e. The predicted octanol–water partition coefficient (Wildman–Crippen LogP) is 6.27. The molecule has 0 radical (unpaired) electrons. The van der Waals surface area contributed by atoms with Crippen LogP contribution in [0, 0.1) is 0 Å². The molecule has 0 aromatic heterocycles. The van der Waals surface area contributed by atoms with Crippen molar-refractivity contribution >= 4 is 12.1 Å². The van der Waals surface area contributed by atoms with Gasteiger partial charge in [-0.15, -0.1) is 0 Å². The number of nitrogens with zero attached hydrogens (tertiary/aromatic N) is 1. The maximum absolute atomic E-state index is 12.2. The van der Waals surface area contributed by atoms with Crippen LogP contribution >= 0.6 is 0 Å². The van der Waals surface area contributed by atoms with Crippen LogP contribution in [0.2, 0.25) is 0 Å². The van der Waals surface area contributed by atoms with E-state index < -0.39 is 23.7 Å². The van der Waals surface area contributed by atoms with Crippen molar-refractivity contribution < 1.29 is 19.4 Å². The Morgan fingerprint density at radius 2 is 1.22 bits per heavy atom. The molecule has 0 heterocycles. The van der Waals surface area contributed by atoms with Crippen LogP contribution in [0.15, 0.2) is 0 Å². The zero-order valence-electron chi connectivity index (χ0n) is 21.0.